The van der Waals surface area contributed by atoms with Crippen molar-refractivity contribution in [3.05, 3.63) is 72.1 Å². The fourth-order valence-corrected chi connectivity index (χ4v) is 5.09. The molecule has 0 radical (unpaired) electrons. The summed E-state index contributed by atoms with van der Waals surface area (Å²) in [5.41, 5.74) is 1.70. The third-order valence-corrected chi connectivity index (χ3v) is 7.31. The number of nitrogens with zero attached hydrogens (tertiary/aromatic N) is 1. The predicted molar refractivity (Wildman–Crippen MR) is 141 cm³/mol. The number of ether oxygens (including phenoxy) is 5. The van der Waals surface area contributed by atoms with E-state index in [1.807, 2.05) is 18.2 Å². The molecule has 194 valence electrons. The summed E-state index contributed by atoms with van der Waals surface area (Å²) in [5.74, 6) is 2.57. The number of methoxy groups -OCH3 is 5. The van der Waals surface area contributed by atoms with E-state index >= 15 is 0 Å². The molecule has 0 bridgehead atoms. The van der Waals surface area contributed by atoms with Crippen molar-refractivity contribution in [2.45, 2.75) is 11.3 Å². The summed E-state index contributed by atoms with van der Waals surface area (Å²) in [6, 6.07) is 15.1. The molecule has 4 rings (SSSR count). The molecule has 0 fully saturated rings. The second-order valence-corrected chi connectivity index (χ2v) is 9.69. The van der Waals surface area contributed by atoms with E-state index in [9.17, 15) is 8.42 Å². The maximum atomic E-state index is 13.3. The first kappa shape index (κ1) is 25.9. The molecule has 0 unspecified atom stereocenters. The molecule has 0 aliphatic carbocycles. The molecule has 9 nitrogen and oxygen atoms in total. The van der Waals surface area contributed by atoms with Gasteiger partial charge in [0.25, 0.3) is 10.0 Å². The number of anilines is 1. The number of nitrogens with one attached hydrogen (secondary N) is 1. The molecule has 0 spiro atoms. The third kappa shape index (κ3) is 5.34. The van der Waals surface area contributed by atoms with Crippen molar-refractivity contribution in [2.24, 2.45) is 0 Å². The van der Waals surface area contributed by atoms with Crippen molar-refractivity contribution < 1.29 is 32.1 Å². The first-order chi connectivity index (χ1) is 17.8. The van der Waals surface area contributed by atoms with Gasteiger partial charge in [-0.2, -0.15) is 0 Å². The Morgan fingerprint density at radius 2 is 1.32 bits per heavy atom. The molecule has 3 aromatic carbocycles. The third-order valence-electron chi connectivity index (χ3n) is 5.93. The van der Waals surface area contributed by atoms with E-state index in [1.165, 1.54) is 33.5 Å². The van der Waals surface area contributed by atoms with E-state index in [1.54, 1.807) is 44.7 Å². The lowest BCUT2D eigenvalue weighted by molar-refractivity contribution is 0.355. The summed E-state index contributed by atoms with van der Waals surface area (Å²) in [7, 11) is 3.76. The Kier molecular flexibility index (Phi) is 7.58. The fraction of sp³-hybridized carbons (Fsp3) is 0.222. The number of benzene rings is 3. The van der Waals surface area contributed by atoms with Crippen molar-refractivity contribution in [2.75, 3.05) is 40.3 Å². The van der Waals surface area contributed by atoms with Gasteiger partial charge in [0.1, 0.15) is 5.75 Å². The van der Waals surface area contributed by atoms with Gasteiger partial charge in [-0.25, -0.2) is 8.42 Å². The van der Waals surface area contributed by atoms with Gasteiger partial charge in [-0.05, 0) is 59.5 Å². The van der Waals surface area contributed by atoms with Crippen LogP contribution in [0.5, 0.6) is 28.7 Å². The van der Waals surface area contributed by atoms with Crippen LogP contribution in [0.15, 0.2) is 65.7 Å². The standard InChI is InChI=1S/C27H28N2O7S/c1-32-19-6-8-20(9-7-19)37(30,31)29-22-16-27(36-5)25(34-3)14-18(22)12-23-21-15-26(35-4)24(33-2)13-17(21)10-11-28-23/h6-11,13-16,29H,12H2,1-5H3. The lowest BCUT2D eigenvalue weighted by Gasteiger charge is -2.17. The minimum absolute atomic E-state index is 0.0918. The molecule has 1 N–H and O–H groups in total. The number of aromatic nitrogens is 1. The Hall–Kier alpha value is -4.18. The smallest absolute Gasteiger partial charge is 0.261 e. The molecule has 0 amide bonds. The zero-order valence-corrected chi connectivity index (χ0v) is 22.0. The van der Waals surface area contributed by atoms with Crippen molar-refractivity contribution in [1.29, 1.82) is 0 Å². The Labute approximate surface area is 216 Å². The van der Waals surface area contributed by atoms with E-state index < -0.39 is 10.0 Å². The highest BCUT2D eigenvalue weighted by atomic mass is 32.2. The van der Waals surface area contributed by atoms with Crippen LogP contribution in [0.4, 0.5) is 5.69 Å². The predicted octanol–water partition coefficient (Wildman–Crippen LogP) is 4.67. The number of hydrogen-bond donors (Lipinski definition) is 1. The van der Waals surface area contributed by atoms with E-state index in [-0.39, 0.29) is 4.90 Å². The normalized spacial score (nSPS) is 11.2. The van der Waals surface area contributed by atoms with Gasteiger partial charge in [0.15, 0.2) is 23.0 Å². The van der Waals surface area contributed by atoms with Crippen molar-refractivity contribution >= 4 is 26.5 Å². The van der Waals surface area contributed by atoms with Crippen molar-refractivity contribution in [1.82, 2.24) is 4.98 Å². The highest BCUT2D eigenvalue weighted by Crippen LogP contribution is 2.38. The monoisotopic (exact) mass is 524 g/mol. The van der Waals surface area contributed by atoms with Crippen LogP contribution in [-0.4, -0.2) is 49.0 Å². The van der Waals surface area contributed by atoms with E-state index in [2.05, 4.69) is 9.71 Å². The van der Waals surface area contributed by atoms with Crippen LogP contribution in [0, 0.1) is 0 Å². The molecule has 0 saturated carbocycles. The van der Waals surface area contributed by atoms with E-state index in [0.717, 1.165) is 16.5 Å². The minimum atomic E-state index is -3.92. The van der Waals surface area contributed by atoms with Gasteiger partial charge in [-0.3, -0.25) is 9.71 Å². The Morgan fingerprint density at radius 3 is 1.95 bits per heavy atom. The first-order valence-electron chi connectivity index (χ1n) is 11.2. The highest BCUT2D eigenvalue weighted by molar-refractivity contribution is 7.92. The van der Waals surface area contributed by atoms with E-state index in [0.29, 0.717) is 46.4 Å². The van der Waals surface area contributed by atoms with Crippen molar-refractivity contribution in [3.8, 4) is 28.7 Å². The zero-order chi connectivity index (χ0) is 26.6. The van der Waals surface area contributed by atoms with Gasteiger partial charge in [0.2, 0.25) is 0 Å². The average molecular weight is 525 g/mol. The van der Waals surface area contributed by atoms with Crippen LogP contribution in [0.3, 0.4) is 0 Å². The molecule has 37 heavy (non-hydrogen) atoms. The molecule has 0 aliphatic rings. The molecule has 10 heteroatoms. The van der Waals surface area contributed by atoms with Crippen molar-refractivity contribution in [3.63, 3.8) is 0 Å². The molecule has 1 heterocycles. The summed E-state index contributed by atoms with van der Waals surface area (Å²) in [5, 5.41) is 1.75. The van der Waals surface area contributed by atoms with Gasteiger partial charge in [-0.1, -0.05) is 0 Å². The number of fused-ring (bicyclic) bond motifs is 1. The zero-order valence-electron chi connectivity index (χ0n) is 21.2. The van der Waals surface area contributed by atoms with Gasteiger partial charge in [0, 0.05) is 24.1 Å². The summed E-state index contributed by atoms with van der Waals surface area (Å²) >= 11 is 0. The molecule has 1 aromatic heterocycles. The summed E-state index contributed by atoms with van der Waals surface area (Å²) < 4.78 is 56.2. The second-order valence-electron chi connectivity index (χ2n) is 8.01. The summed E-state index contributed by atoms with van der Waals surface area (Å²) in [6.45, 7) is 0. The largest absolute Gasteiger partial charge is 0.497 e. The summed E-state index contributed by atoms with van der Waals surface area (Å²) in [6.07, 6.45) is 2.00. The number of pyridine rings is 1. The minimum Gasteiger partial charge on any atom is -0.497 e. The maximum Gasteiger partial charge on any atom is 0.261 e. The van der Waals surface area contributed by atoms with Crippen LogP contribution >= 0.6 is 0 Å². The summed E-state index contributed by atoms with van der Waals surface area (Å²) in [4.78, 5) is 4.68. The quantitative estimate of drug-likeness (QED) is 0.319. The Bertz CT molecular complexity index is 1520. The molecule has 4 aromatic rings. The van der Waals surface area contributed by atoms with Gasteiger partial charge in [-0.15, -0.1) is 0 Å². The SMILES string of the molecule is COc1ccc(S(=O)(=O)Nc2cc(OC)c(OC)cc2Cc2nccc3cc(OC)c(OC)cc23)cc1. The number of rotatable bonds is 10. The van der Waals surface area contributed by atoms with E-state index in [4.69, 9.17) is 23.7 Å². The lowest BCUT2D eigenvalue weighted by atomic mass is 10.0. The molecule has 0 atom stereocenters. The maximum absolute atomic E-state index is 13.3. The molecular formula is C27H28N2O7S. The highest BCUT2D eigenvalue weighted by Gasteiger charge is 2.20. The molecular weight excluding hydrogens is 496 g/mol. The first-order valence-corrected chi connectivity index (χ1v) is 12.7. The van der Waals surface area contributed by atoms with Gasteiger partial charge >= 0.3 is 0 Å². The van der Waals surface area contributed by atoms with Crippen LogP contribution < -0.4 is 28.4 Å². The van der Waals surface area contributed by atoms with Crippen LogP contribution in [0.1, 0.15) is 11.3 Å². The molecule has 0 saturated heterocycles. The van der Waals surface area contributed by atoms with Crippen LogP contribution in [-0.2, 0) is 16.4 Å². The lowest BCUT2D eigenvalue weighted by Crippen LogP contribution is -2.15. The molecule has 0 aliphatic heterocycles. The second kappa shape index (κ2) is 10.8. The number of sulfonamides is 1. The van der Waals surface area contributed by atoms with Crippen LogP contribution in [0.2, 0.25) is 0 Å². The Morgan fingerprint density at radius 1 is 0.730 bits per heavy atom. The number of hydrogen-bond acceptors (Lipinski definition) is 8. The van der Waals surface area contributed by atoms with Crippen LogP contribution in [0.25, 0.3) is 10.8 Å². The Balaban J connectivity index is 1.81. The fourth-order valence-electron chi connectivity index (χ4n) is 4.00. The average Bonchev–Trinajstić information content (AvgIpc) is 2.92. The van der Waals surface area contributed by atoms with Gasteiger partial charge in [0.05, 0.1) is 51.8 Å². The van der Waals surface area contributed by atoms with Gasteiger partial charge < -0.3 is 23.7 Å². The topological polar surface area (TPSA) is 105 Å².